The highest BCUT2D eigenvalue weighted by Crippen LogP contribution is 2.19. The summed E-state index contributed by atoms with van der Waals surface area (Å²) in [6, 6.07) is 7.95. The number of thioether (sulfide) groups is 1. The Kier molecular flexibility index (Phi) is 5.60. The summed E-state index contributed by atoms with van der Waals surface area (Å²) in [5.74, 6) is 0.365. The minimum absolute atomic E-state index is 0.0294. The van der Waals surface area contributed by atoms with E-state index in [1.54, 1.807) is 25.6 Å². The molecule has 2 N–H and O–H groups in total. The van der Waals surface area contributed by atoms with Crippen LogP contribution in [0.15, 0.2) is 34.0 Å². The molecule has 0 aliphatic heterocycles. The molecule has 0 radical (unpaired) electrons. The molecule has 0 aliphatic carbocycles. The van der Waals surface area contributed by atoms with E-state index in [2.05, 4.69) is 15.3 Å². The fourth-order valence-electron chi connectivity index (χ4n) is 2.39. The van der Waals surface area contributed by atoms with Crippen LogP contribution in [0.2, 0.25) is 0 Å². The average Bonchev–Trinajstić information content (AvgIpc) is 2.51. The zero-order valence-electron chi connectivity index (χ0n) is 13.8. The van der Waals surface area contributed by atoms with Crippen LogP contribution in [0.25, 0.3) is 0 Å². The van der Waals surface area contributed by atoms with Crippen LogP contribution in [0.3, 0.4) is 0 Å². The van der Waals surface area contributed by atoms with Crippen LogP contribution in [0, 0.1) is 13.8 Å². The molecule has 1 aromatic carbocycles. The highest BCUT2D eigenvalue weighted by Gasteiger charge is 2.14. The van der Waals surface area contributed by atoms with Gasteiger partial charge in [-0.2, -0.15) is 0 Å². The average molecular weight is 331 g/mol. The second kappa shape index (κ2) is 7.46. The number of nitrogens with zero attached hydrogens (tertiary/aromatic N) is 1. The van der Waals surface area contributed by atoms with Gasteiger partial charge in [0.2, 0.25) is 5.91 Å². The number of carbonyl (C=O) groups is 1. The van der Waals surface area contributed by atoms with Gasteiger partial charge in [-0.05, 0) is 44.7 Å². The van der Waals surface area contributed by atoms with Crippen LogP contribution >= 0.6 is 11.8 Å². The van der Waals surface area contributed by atoms with Crippen LogP contribution in [0.5, 0.6) is 0 Å². The van der Waals surface area contributed by atoms with E-state index in [4.69, 9.17) is 0 Å². The first-order chi connectivity index (χ1) is 10.9. The standard InChI is InChI=1S/C17H21N3O2S/c1-10(13-5-7-14(23-4)8-6-13)19-16(21)9-15-11(2)18-12(3)20-17(15)22/h5-8,10H,9H2,1-4H3,(H,19,21)(H,18,20,22)/t10-/m0/s1. The van der Waals surface area contributed by atoms with Crippen LogP contribution in [0.1, 0.15) is 35.6 Å². The van der Waals surface area contributed by atoms with Crippen LogP contribution in [-0.4, -0.2) is 22.1 Å². The summed E-state index contributed by atoms with van der Waals surface area (Å²) < 4.78 is 0. The summed E-state index contributed by atoms with van der Waals surface area (Å²) in [5, 5.41) is 2.92. The molecule has 1 atom stereocenters. The Morgan fingerprint density at radius 3 is 2.52 bits per heavy atom. The lowest BCUT2D eigenvalue weighted by molar-refractivity contribution is -0.121. The predicted octanol–water partition coefficient (Wildman–Crippen LogP) is 2.53. The van der Waals surface area contributed by atoms with Crippen molar-refractivity contribution in [3.63, 3.8) is 0 Å². The van der Waals surface area contributed by atoms with Gasteiger partial charge in [-0.1, -0.05) is 12.1 Å². The lowest BCUT2D eigenvalue weighted by Crippen LogP contribution is -2.31. The number of rotatable bonds is 5. The van der Waals surface area contributed by atoms with E-state index < -0.39 is 0 Å². The van der Waals surface area contributed by atoms with Crippen molar-refractivity contribution >= 4 is 17.7 Å². The molecule has 2 rings (SSSR count). The van der Waals surface area contributed by atoms with Gasteiger partial charge >= 0.3 is 0 Å². The van der Waals surface area contributed by atoms with E-state index in [1.165, 1.54) is 4.90 Å². The van der Waals surface area contributed by atoms with Gasteiger partial charge in [-0.3, -0.25) is 9.59 Å². The fourth-order valence-corrected chi connectivity index (χ4v) is 2.80. The van der Waals surface area contributed by atoms with E-state index in [-0.39, 0.29) is 23.9 Å². The number of H-pyrrole nitrogens is 1. The minimum Gasteiger partial charge on any atom is -0.349 e. The normalized spacial score (nSPS) is 12.0. The molecular weight excluding hydrogens is 310 g/mol. The molecule has 6 heteroatoms. The molecule has 0 spiro atoms. The van der Waals surface area contributed by atoms with Crippen LogP contribution in [0.4, 0.5) is 0 Å². The predicted molar refractivity (Wildman–Crippen MR) is 92.8 cm³/mol. The Bertz CT molecular complexity index is 753. The monoisotopic (exact) mass is 331 g/mol. The van der Waals surface area contributed by atoms with E-state index in [0.29, 0.717) is 17.1 Å². The molecule has 23 heavy (non-hydrogen) atoms. The molecule has 1 heterocycles. The molecule has 0 aliphatic rings. The van der Waals surface area contributed by atoms with E-state index >= 15 is 0 Å². The number of amides is 1. The van der Waals surface area contributed by atoms with Crippen molar-refractivity contribution in [2.24, 2.45) is 0 Å². The zero-order chi connectivity index (χ0) is 17.0. The Labute approximate surface area is 139 Å². The number of aromatic nitrogens is 2. The summed E-state index contributed by atoms with van der Waals surface area (Å²) in [6.07, 6.45) is 2.05. The molecule has 1 aromatic heterocycles. The quantitative estimate of drug-likeness (QED) is 0.826. The van der Waals surface area contributed by atoms with Crippen LogP contribution in [-0.2, 0) is 11.2 Å². The van der Waals surface area contributed by atoms with Gasteiger partial charge in [0.25, 0.3) is 5.56 Å². The number of hydrogen-bond acceptors (Lipinski definition) is 4. The van der Waals surface area contributed by atoms with Crippen molar-refractivity contribution in [2.75, 3.05) is 6.26 Å². The maximum absolute atomic E-state index is 12.2. The zero-order valence-corrected chi connectivity index (χ0v) is 14.6. The molecule has 0 unspecified atom stereocenters. The topological polar surface area (TPSA) is 74.8 Å². The molecular formula is C17H21N3O2S. The third kappa shape index (κ3) is 4.45. The maximum atomic E-state index is 12.2. The van der Waals surface area contributed by atoms with Gasteiger partial charge in [0, 0.05) is 16.2 Å². The first kappa shape index (κ1) is 17.3. The molecule has 122 valence electrons. The van der Waals surface area contributed by atoms with Gasteiger partial charge in [0.1, 0.15) is 5.82 Å². The van der Waals surface area contributed by atoms with Crippen molar-refractivity contribution in [2.45, 2.75) is 38.1 Å². The van der Waals surface area contributed by atoms with Crippen LogP contribution < -0.4 is 10.9 Å². The number of aryl methyl sites for hydroxylation is 2. The van der Waals surface area contributed by atoms with Crippen molar-refractivity contribution in [1.29, 1.82) is 0 Å². The number of carbonyl (C=O) groups excluding carboxylic acids is 1. The summed E-state index contributed by atoms with van der Waals surface area (Å²) >= 11 is 1.68. The third-order valence-electron chi connectivity index (χ3n) is 3.67. The Morgan fingerprint density at radius 1 is 1.30 bits per heavy atom. The second-order valence-electron chi connectivity index (χ2n) is 5.45. The number of benzene rings is 1. The van der Waals surface area contributed by atoms with Crippen molar-refractivity contribution in [1.82, 2.24) is 15.3 Å². The molecule has 0 saturated heterocycles. The van der Waals surface area contributed by atoms with Gasteiger partial charge < -0.3 is 10.3 Å². The Balaban J connectivity index is 2.05. The van der Waals surface area contributed by atoms with Gasteiger partial charge in [0.05, 0.1) is 12.5 Å². The number of nitrogens with one attached hydrogen (secondary N) is 2. The summed E-state index contributed by atoms with van der Waals surface area (Å²) in [7, 11) is 0. The highest BCUT2D eigenvalue weighted by molar-refractivity contribution is 7.98. The molecule has 0 fully saturated rings. The first-order valence-corrected chi connectivity index (χ1v) is 8.63. The largest absolute Gasteiger partial charge is 0.349 e. The van der Waals surface area contributed by atoms with Gasteiger partial charge in [0.15, 0.2) is 0 Å². The lowest BCUT2D eigenvalue weighted by atomic mass is 10.1. The van der Waals surface area contributed by atoms with Crippen molar-refractivity contribution in [3.05, 3.63) is 57.3 Å². The SMILES string of the molecule is CSc1ccc([C@H](C)NC(=O)Cc2c(C)nc(C)[nH]c2=O)cc1. The molecule has 5 nitrogen and oxygen atoms in total. The maximum Gasteiger partial charge on any atom is 0.254 e. The second-order valence-corrected chi connectivity index (χ2v) is 6.33. The Morgan fingerprint density at radius 2 is 1.96 bits per heavy atom. The molecule has 1 amide bonds. The first-order valence-electron chi connectivity index (χ1n) is 7.40. The van der Waals surface area contributed by atoms with E-state index in [0.717, 1.165) is 5.56 Å². The number of hydrogen-bond donors (Lipinski definition) is 2. The smallest absolute Gasteiger partial charge is 0.254 e. The van der Waals surface area contributed by atoms with Crippen molar-refractivity contribution < 1.29 is 4.79 Å². The van der Waals surface area contributed by atoms with E-state index in [9.17, 15) is 9.59 Å². The highest BCUT2D eigenvalue weighted by atomic mass is 32.2. The summed E-state index contributed by atoms with van der Waals surface area (Å²) in [6.45, 7) is 5.39. The van der Waals surface area contributed by atoms with Gasteiger partial charge in [-0.15, -0.1) is 11.8 Å². The Hall–Kier alpha value is -2.08. The molecule has 0 saturated carbocycles. The van der Waals surface area contributed by atoms with Crippen molar-refractivity contribution in [3.8, 4) is 0 Å². The fraction of sp³-hybridized carbons (Fsp3) is 0.353. The minimum atomic E-state index is -0.248. The number of aromatic amines is 1. The third-order valence-corrected chi connectivity index (χ3v) is 4.41. The summed E-state index contributed by atoms with van der Waals surface area (Å²) in [5.41, 5.74) is 1.79. The molecule has 0 bridgehead atoms. The molecule has 2 aromatic rings. The van der Waals surface area contributed by atoms with E-state index in [1.807, 2.05) is 37.4 Å². The lowest BCUT2D eigenvalue weighted by Gasteiger charge is -2.15. The summed E-state index contributed by atoms with van der Waals surface area (Å²) in [4.78, 5) is 32.2. The van der Waals surface area contributed by atoms with Gasteiger partial charge in [-0.25, -0.2) is 4.98 Å².